The Hall–Kier alpha value is -1.04. The highest BCUT2D eigenvalue weighted by atomic mass is 19.1. The molecule has 1 aromatic heterocycles. The zero-order valence-electron chi connectivity index (χ0n) is 10.9. The van der Waals surface area contributed by atoms with Gasteiger partial charge < -0.3 is 15.5 Å². The van der Waals surface area contributed by atoms with Crippen LogP contribution in [-0.2, 0) is 0 Å². The molecule has 3 N–H and O–H groups in total. The van der Waals surface area contributed by atoms with E-state index in [0.29, 0.717) is 18.0 Å². The van der Waals surface area contributed by atoms with Crippen molar-refractivity contribution in [1.82, 2.24) is 10.3 Å². The zero-order valence-corrected chi connectivity index (χ0v) is 10.9. The molecule has 1 fully saturated rings. The first-order valence-electron chi connectivity index (χ1n) is 6.82. The lowest BCUT2D eigenvalue weighted by molar-refractivity contribution is 0.106. The van der Waals surface area contributed by atoms with Crippen molar-refractivity contribution in [3.63, 3.8) is 0 Å². The van der Waals surface area contributed by atoms with Gasteiger partial charge in [0, 0.05) is 18.3 Å². The van der Waals surface area contributed by atoms with Crippen molar-refractivity contribution in [2.24, 2.45) is 5.92 Å². The molecular formula is C14H21FN2O2. The molecule has 1 saturated carbocycles. The Morgan fingerprint density at radius 3 is 2.74 bits per heavy atom. The topological polar surface area (TPSA) is 65.4 Å². The molecule has 0 aliphatic heterocycles. The summed E-state index contributed by atoms with van der Waals surface area (Å²) in [6, 6.07) is 1.30. The second-order valence-corrected chi connectivity index (χ2v) is 5.29. The summed E-state index contributed by atoms with van der Waals surface area (Å²) in [6.07, 6.45) is 5.49. The van der Waals surface area contributed by atoms with Gasteiger partial charge in [0.2, 0.25) is 0 Å². The normalized spacial score (nSPS) is 25.2. The summed E-state index contributed by atoms with van der Waals surface area (Å²) >= 11 is 0. The van der Waals surface area contributed by atoms with Crippen LogP contribution in [0.1, 0.15) is 37.4 Å². The molecule has 0 saturated heterocycles. The van der Waals surface area contributed by atoms with Crippen LogP contribution in [0, 0.1) is 11.7 Å². The Kier molecular flexibility index (Phi) is 5.24. The molecule has 0 amide bonds. The molecule has 0 aromatic carbocycles. The van der Waals surface area contributed by atoms with Gasteiger partial charge in [0.05, 0.1) is 18.4 Å². The molecule has 1 aliphatic carbocycles. The van der Waals surface area contributed by atoms with Gasteiger partial charge in [-0.25, -0.2) is 4.39 Å². The van der Waals surface area contributed by atoms with Gasteiger partial charge >= 0.3 is 0 Å². The van der Waals surface area contributed by atoms with Gasteiger partial charge in [0.15, 0.2) is 0 Å². The first-order valence-corrected chi connectivity index (χ1v) is 6.82. The predicted octanol–water partition coefficient (Wildman–Crippen LogP) is 1.39. The van der Waals surface area contributed by atoms with Crippen LogP contribution in [0.15, 0.2) is 18.5 Å². The highest BCUT2D eigenvalue weighted by Gasteiger charge is 2.19. The number of pyridine rings is 1. The molecule has 0 bridgehead atoms. The van der Waals surface area contributed by atoms with E-state index in [9.17, 15) is 14.6 Å². The van der Waals surface area contributed by atoms with Crippen molar-refractivity contribution in [2.45, 2.75) is 37.9 Å². The van der Waals surface area contributed by atoms with Gasteiger partial charge in [-0.05, 0) is 44.2 Å². The molecule has 1 aromatic rings. The average molecular weight is 268 g/mol. The summed E-state index contributed by atoms with van der Waals surface area (Å²) in [6.45, 7) is 1.22. The predicted molar refractivity (Wildman–Crippen MR) is 70.0 cm³/mol. The van der Waals surface area contributed by atoms with E-state index < -0.39 is 11.9 Å². The molecule has 2 rings (SSSR count). The van der Waals surface area contributed by atoms with Gasteiger partial charge in [-0.15, -0.1) is 0 Å². The van der Waals surface area contributed by atoms with E-state index >= 15 is 0 Å². The van der Waals surface area contributed by atoms with Crippen molar-refractivity contribution in [3.8, 4) is 0 Å². The fourth-order valence-corrected chi connectivity index (χ4v) is 2.50. The maximum atomic E-state index is 13.0. The van der Waals surface area contributed by atoms with Crippen molar-refractivity contribution < 1.29 is 14.6 Å². The van der Waals surface area contributed by atoms with Crippen LogP contribution in [0.2, 0.25) is 0 Å². The second-order valence-electron chi connectivity index (χ2n) is 5.29. The Morgan fingerprint density at radius 2 is 2.05 bits per heavy atom. The number of halogens is 1. The van der Waals surface area contributed by atoms with Crippen molar-refractivity contribution in [3.05, 3.63) is 29.8 Å². The number of nitrogens with zero attached hydrogens (tertiary/aromatic N) is 1. The van der Waals surface area contributed by atoms with Crippen LogP contribution in [0.3, 0.4) is 0 Å². The molecule has 106 valence electrons. The van der Waals surface area contributed by atoms with Gasteiger partial charge in [-0.2, -0.15) is 0 Å². The monoisotopic (exact) mass is 268 g/mol. The third-order valence-corrected chi connectivity index (χ3v) is 3.70. The molecule has 1 atom stereocenters. The van der Waals surface area contributed by atoms with Gasteiger partial charge in [0.1, 0.15) is 5.82 Å². The quantitative estimate of drug-likeness (QED) is 0.755. The minimum atomic E-state index is -0.739. The van der Waals surface area contributed by atoms with E-state index in [2.05, 4.69) is 10.3 Å². The third-order valence-electron chi connectivity index (χ3n) is 3.70. The summed E-state index contributed by atoms with van der Waals surface area (Å²) < 4.78 is 13.0. The lowest BCUT2D eigenvalue weighted by Gasteiger charge is -2.26. The van der Waals surface area contributed by atoms with Crippen molar-refractivity contribution in [2.75, 3.05) is 13.1 Å². The summed E-state index contributed by atoms with van der Waals surface area (Å²) in [5, 5.41) is 22.5. The first kappa shape index (κ1) is 14.4. The van der Waals surface area contributed by atoms with E-state index in [1.54, 1.807) is 0 Å². The number of hydrogen-bond acceptors (Lipinski definition) is 4. The Balaban J connectivity index is 1.70. The largest absolute Gasteiger partial charge is 0.393 e. The zero-order chi connectivity index (χ0) is 13.7. The maximum absolute atomic E-state index is 13.0. The Bertz CT molecular complexity index is 395. The van der Waals surface area contributed by atoms with Crippen LogP contribution in [0.25, 0.3) is 0 Å². The molecule has 4 nitrogen and oxygen atoms in total. The molecule has 1 heterocycles. The molecule has 19 heavy (non-hydrogen) atoms. The average Bonchev–Trinajstić information content (AvgIpc) is 2.41. The van der Waals surface area contributed by atoms with E-state index in [0.717, 1.165) is 38.4 Å². The van der Waals surface area contributed by atoms with Crippen LogP contribution >= 0.6 is 0 Å². The number of hydrogen-bond donors (Lipinski definition) is 3. The van der Waals surface area contributed by atoms with Crippen molar-refractivity contribution in [1.29, 1.82) is 0 Å². The third kappa shape index (κ3) is 4.53. The molecule has 0 spiro atoms. The number of aromatic nitrogens is 1. The van der Waals surface area contributed by atoms with Gasteiger partial charge in [-0.1, -0.05) is 0 Å². The van der Waals surface area contributed by atoms with Crippen LogP contribution in [-0.4, -0.2) is 34.4 Å². The fraction of sp³-hybridized carbons (Fsp3) is 0.643. The van der Waals surface area contributed by atoms with Crippen LogP contribution in [0.5, 0.6) is 0 Å². The van der Waals surface area contributed by atoms with E-state index in [4.69, 9.17) is 0 Å². The standard InChI is InChI=1S/C14H21FN2O2/c15-12-5-11(7-17-8-12)14(19)9-16-6-10-1-3-13(18)4-2-10/h5,7-8,10,13-14,16,18-19H,1-4,6,9H2. The lowest BCUT2D eigenvalue weighted by Crippen LogP contribution is -2.30. The molecular weight excluding hydrogens is 247 g/mol. The maximum Gasteiger partial charge on any atom is 0.141 e. The summed E-state index contributed by atoms with van der Waals surface area (Å²) in [4.78, 5) is 3.72. The molecule has 1 unspecified atom stereocenters. The number of nitrogens with one attached hydrogen (secondary N) is 1. The van der Waals surface area contributed by atoms with E-state index in [-0.39, 0.29) is 6.10 Å². The van der Waals surface area contributed by atoms with Crippen LogP contribution < -0.4 is 5.32 Å². The fourth-order valence-electron chi connectivity index (χ4n) is 2.50. The highest BCUT2D eigenvalue weighted by molar-refractivity contribution is 5.13. The number of rotatable bonds is 5. The summed E-state index contributed by atoms with van der Waals surface area (Å²) in [5.74, 6) is 0.124. The summed E-state index contributed by atoms with van der Waals surface area (Å²) in [7, 11) is 0. The number of aliphatic hydroxyl groups excluding tert-OH is 2. The Labute approximate surface area is 112 Å². The van der Waals surface area contributed by atoms with E-state index in [1.807, 2.05) is 0 Å². The van der Waals surface area contributed by atoms with Gasteiger partial charge in [0.25, 0.3) is 0 Å². The minimum Gasteiger partial charge on any atom is -0.393 e. The minimum absolute atomic E-state index is 0.139. The summed E-state index contributed by atoms with van der Waals surface area (Å²) in [5.41, 5.74) is 0.492. The SMILES string of the molecule is OC1CCC(CNCC(O)c2cncc(F)c2)CC1. The van der Waals surface area contributed by atoms with E-state index in [1.165, 1.54) is 12.3 Å². The van der Waals surface area contributed by atoms with Crippen molar-refractivity contribution >= 4 is 0 Å². The highest BCUT2D eigenvalue weighted by Crippen LogP contribution is 2.23. The lowest BCUT2D eigenvalue weighted by atomic mass is 9.87. The molecule has 5 heteroatoms. The number of aliphatic hydroxyl groups is 2. The molecule has 0 radical (unpaired) electrons. The second kappa shape index (κ2) is 6.93. The first-order chi connectivity index (χ1) is 9.15. The van der Waals surface area contributed by atoms with Crippen LogP contribution in [0.4, 0.5) is 4.39 Å². The smallest absolute Gasteiger partial charge is 0.141 e. The molecule has 1 aliphatic rings. The Morgan fingerprint density at radius 1 is 1.32 bits per heavy atom. The van der Waals surface area contributed by atoms with Gasteiger partial charge in [-0.3, -0.25) is 4.98 Å².